The number of aliphatic imine (C=N–C) groups is 1. The Morgan fingerprint density at radius 2 is 1.89 bits per heavy atom. The first-order valence-electron chi connectivity index (χ1n) is 2.61. The summed E-state index contributed by atoms with van der Waals surface area (Å²) in [5, 5.41) is 6.52. The average Bonchev–Trinajstić information content (AvgIpc) is 1.91. The van der Waals surface area contributed by atoms with Crippen molar-refractivity contribution in [3.05, 3.63) is 30.3 Å². The van der Waals surface area contributed by atoms with E-state index in [9.17, 15) is 0 Å². The largest absolute Gasteiger partial charge is 0.241 e. The summed E-state index contributed by atoms with van der Waals surface area (Å²) in [6.45, 7) is 0. The van der Waals surface area contributed by atoms with Crippen molar-refractivity contribution in [3.8, 4) is 0 Å². The van der Waals surface area contributed by atoms with Gasteiger partial charge in [0.05, 0.1) is 11.7 Å². The summed E-state index contributed by atoms with van der Waals surface area (Å²) in [5.41, 5.74) is 0.771. The van der Waals surface area contributed by atoms with Gasteiger partial charge in [-0.1, -0.05) is 18.2 Å². The summed E-state index contributed by atoms with van der Waals surface area (Å²) in [6, 6.07) is 11.2. The van der Waals surface area contributed by atoms with Crippen molar-refractivity contribution < 1.29 is 0 Å². The third-order valence-electron chi connectivity index (χ3n) is 0.941. The van der Waals surface area contributed by atoms with Gasteiger partial charge in [-0.2, -0.15) is 4.99 Å². The quantitative estimate of drug-likeness (QED) is 0.548. The molecule has 1 aromatic rings. The second kappa shape index (κ2) is 2.80. The highest BCUT2D eigenvalue weighted by Crippen LogP contribution is 2.07. The maximum Gasteiger partial charge on any atom is 0.0918 e. The fraction of sp³-hybridized carbons (Fsp3) is 0. The Labute approximate surface area is 53.4 Å². The first-order chi connectivity index (χ1) is 4.43. The van der Waals surface area contributed by atoms with E-state index in [2.05, 4.69) is 4.99 Å². The molecule has 0 saturated heterocycles. The van der Waals surface area contributed by atoms with Gasteiger partial charge in [0.1, 0.15) is 0 Å². The van der Waals surface area contributed by atoms with E-state index in [-0.39, 0.29) is 0 Å². The minimum Gasteiger partial charge on any atom is -0.241 e. The van der Waals surface area contributed by atoms with Crippen molar-refractivity contribution in [2.75, 3.05) is 0 Å². The van der Waals surface area contributed by atoms with E-state index in [1.165, 1.54) is 0 Å². The lowest BCUT2D eigenvalue weighted by Gasteiger charge is -1.83. The Bertz CT molecular complexity index is 222. The van der Waals surface area contributed by atoms with Crippen LogP contribution in [-0.4, -0.2) is 6.01 Å². The predicted octanol–water partition coefficient (Wildman–Crippen LogP) is 2.07. The Hall–Kier alpha value is -1.40. The summed E-state index contributed by atoms with van der Waals surface area (Å²) < 4.78 is 0. The summed E-state index contributed by atoms with van der Waals surface area (Å²) >= 11 is 0. The van der Waals surface area contributed by atoms with Gasteiger partial charge in [-0.25, -0.2) is 5.41 Å². The van der Waals surface area contributed by atoms with Gasteiger partial charge in [-0.05, 0) is 12.1 Å². The van der Waals surface area contributed by atoms with Crippen LogP contribution < -0.4 is 0 Å². The Morgan fingerprint density at radius 1 is 1.22 bits per heavy atom. The predicted molar refractivity (Wildman–Crippen MR) is 36.3 cm³/mol. The van der Waals surface area contributed by atoms with Crippen molar-refractivity contribution >= 4 is 11.7 Å². The molecule has 44 valence electrons. The van der Waals surface area contributed by atoms with Crippen LogP contribution in [0.2, 0.25) is 0 Å². The maximum atomic E-state index is 6.52. The number of benzene rings is 1. The molecular formula is C7H6N2. The molecule has 0 bridgehead atoms. The molecule has 0 aliphatic heterocycles. The Balaban J connectivity index is 2.97. The van der Waals surface area contributed by atoms with Crippen LogP contribution in [0.3, 0.4) is 0 Å². The summed E-state index contributed by atoms with van der Waals surface area (Å²) in [4.78, 5) is 3.62. The molecule has 1 N–H and O–H groups in total. The lowest BCUT2D eigenvalue weighted by Crippen LogP contribution is -1.58. The third-order valence-corrected chi connectivity index (χ3v) is 0.941. The number of nitrogens with zero attached hydrogens (tertiary/aromatic N) is 1. The number of para-hydroxylation sites is 1. The molecule has 9 heavy (non-hydrogen) atoms. The van der Waals surface area contributed by atoms with Crippen LogP contribution in [0.4, 0.5) is 5.69 Å². The zero-order valence-electron chi connectivity index (χ0n) is 4.83. The molecular weight excluding hydrogens is 112 g/mol. The normalized spacial score (nSPS) is 8.00. The number of hydrogen-bond donors (Lipinski definition) is 1. The fourth-order valence-electron chi connectivity index (χ4n) is 0.567. The van der Waals surface area contributed by atoms with E-state index in [0.29, 0.717) is 0 Å². The zero-order valence-corrected chi connectivity index (χ0v) is 4.83. The number of hydrogen-bond acceptors (Lipinski definition) is 2. The standard InChI is InChI=1S/C7H6N2/c8-6-9-7-4-2-1-3-5-7/h1-5,8H. The summed E-state index contributed by atoms with van der Waals surface area (Å²) in [5.74, 6) is 0. The van der Waals surface area contributed by atoms with Crippen LogP contribution in [0.25, 0.3) is 0 Å². The van der Waals surface area contributed by atoms with Gasteiger partial charge in [-0.15, -0.1) is 0 Å². The van der Waals surface area contributed by atoms with Crippen molar-refractivity contribution in [2.45, 2.75) is 0 Å². The number of rotatable bonds is 1. The van der Waals surface area contributed by atoms with E-state index in [4.69, 9.17) is 5.41 Å². The molecule has 2 heteroatoms. The first-order valence-corrected chi connectivity index (χ1v) is 2.61. The highest BCUT2D eigenvalue weighted by atomic mass is 14.7. The van der Waals surface area contributed by atoms with E-state index in [1.54, 1.807) is 0 Å². The van der Waals surface area contributed by atoms with Crippen molar-refractivity contribution in [1.29, 1.82) is 5.41 Å². The van der Waals surface area contributed by atoms with Gasteiger partial charge in [0.25, 0.3) is 0 Å². The van der Waals surface area contributed by atoms with Gasteiger partial charge in [0.15, 0.2) is 0 Å². The van der Waals surface area contributed by atoms with Gasteiger partial charge in [0, 0.05) is 0 Å². The molecule has 0 radical (unpaired) electrons. The van der Waals surface area contributed by atoms with E-state index < -0.39 is 0 Å². The molecule has 0 aliphatic rings. The first kappa shape index (κ1) is 5.73. The minimum atomic E-state index is 0.771. The lowest BCUT2D eigenvalue weighted by molar-refractivity contribution is 1.49. The molecule has 0 heterocycles. The second-order valence-corrected chi connectivity index (χ2v) is 1.56. The van der Waals surface area contributed by atoms with Gasteiger partial charge >= 0.3 is 0 Å². The molecule has 0 saturated carbocycles. The molecule has 0 aliphatic carbocycles. The maximum absolute atomic E-state index is 6.52. The van der Waals surface area contributed by atoms with E-state index in [0.717, 1.165) is 5.69 Å². The fourth-order valence-corrected chi connectivity index (χ4v) is 0.567. The zero-order chi connectivity index (χ0) is 6.53. The van der Waals surface area contributed by atoms with Crippen molar-refractivity contribution in [3.63, 3.8) is 0 Å². The van der Waals surface area contributed by atoms with E-state index in [1.807, 2.05) is 36.3 Å². The van der Waals surface area contributed by atoms with Crippen molar-refractivity contribution in [1.82, 2.24) is 0 Å². The topological polar surface area (TPSA) is 36.2 Å². The SMILES string of the molecule is N=C=Nc1ccccc1. The van der Waals surface area contributed by atoms with Crippen LogP contribution in [0, 0.1) is 5.41 Å². The number of nitrogens with one attached hydrogen (secondary N) is 1. The van der Waals surface area contributed by atoms with Gasteiger partial charge < -0.3 is 0 Å². The minimum absolute atomic E-state index is 0.771. The summed E-state index contributed by atoms with van der Waals surface area (Å²) in [7, 11) is 0. The molecule has 1 aromatic carbocycles. The van der Waals surface area contributed by atoms with Gasteiger partial charge in [-0.3, -0.25) is 0 Å². The second-order valence-electron chi connectivity index (χ2n) is 1.56. The Morgan fingerprint density at radius 3 is 2.44 bits per heavy atom. The van der Waals surface area contributed by atoms with E-state index >= 15 is 0 Å². The molecule has 0 amide bonds. The molecule has 0 atom stereocenters. The average molecular weight is 118 g/mol. The van der Waals surface area contributed by atoms with Crippen LogP contribution in [0.15, 0.2) is 35.3 Å². The highest BCUT2D eigenvalue weighted by Gasteiger charge is 1.79. The Kier molecular flexibility index (Phi) is 1.78. The molecule has 0 unspecified atom stereocenters. The monoisotopic (exact) mass is 118 g/mol. The molecule has 0 aromatic heterocycles. The van der Waals surface area contributed by atoms with Crippen LogP contribution in [0.1, 0.15) is 0 Å². The molecule has 0 fully saturated rings. The smallest absolute Gasteiger partial charge is 0.0918 e. The molecule has 2 nitrogen and oxygen atoms in total. The molecule has 1 rings (SSSR count). The molecule has 0 spiro atoms. The summed E-state index contributed by atoms with van der Waals surface area (Å²) in [6.07, 6.45) is 0. The lowest BCUT2D eigenvalue weighted by atomic mass is 10.3. The third kappa shape index (κ3) is 1.52. The van der Waals surface area contributed by atoms with Crippen molar-refractivity contribution in [2.24, 2.45) is 4.99 Å². The van der Waals surface area contributed by atoms with Gasteiger partial charge in [0.2, 0.25) is 0 Å². The van der Waals surface area contributed by atoms with Crippen LogP contribution in [-0.2, 0) is 0 Å². The van der Waals surface area contributed by atoms with Crippen LogP contribution >= 0.6 is 0 Å². The van der Waals surface area contributed by atoms with Crippen LogP contribution in [0.5, 0.6) is 0 Å². The highest BCUT2D eigenvalue weighted by molar-refractivity contribution is 5.49.